The fraction of sp³-hybridized carbons (Fsp3) is 0.222. The van der Waals surface area contributed by atoms with E-state index in [2.05, 4.69) is 0 Å². The van der Waals surface area contributed by atoms with E-state index in [0.29, 0.717) is 5.75 Å². The van der Waals surface area contributed by atoms with Gasteiger partial charge in [-0.25, -0.2) is 0 Å². The van der Waals surface area contributed by atoms with Gasteiger partial charge >= 0.3 is 0 Å². The quantitative estimate of drug-likeness (QED) is 0.616. The molecule has 1 atom stereocenters. The van der Waals surface area contributed by atoms with Crippen molar-refractivity contribution in [2.75, 3.05) is 0 Å². The highest BCUT2D eigenvalue weighted by Crippen LogP contribution is 2.34. The Morgan fingerprint density at radius 1 is 1.27 bits per heavy atom. The molecule has 2 nitrogen and oxygen atoms in total. The molecular formula is C9H6Cl4O2. The van der Waals surface area contributed by atoms with E-state index in [-0.39, 0.29) is 15.1 Å². The smallest absolute Gasteiger partial charge is 0.262 e. The van der Waals surface area contributed by atoms with Crippen LogP contribution in [-0.2, 0) is 4.79 Å². The minimum Gasteiger partial charge on any atom is -0.481 e. The molecule has 0 saturated heterocycles. The average molecular weight is 288 g/mol. The summed E-state index contributed by atoms with van der Waals surface area (Å²) in [6, 6.07) is 2.93. The van der Waals surface area contributed by atoms with Crippen LogP contribution in [0.25, 0.3) is 0 Å². The Morgan fingerprint density at radius 3 is 2.13 bits per heavy atom. The summed E-state index contributed by atoms with van der Waals surface area (Å²) >= 11 is 22.5. The molecule has 0 aliphatic carbocycles. The molecule has 82 valence electrons. The lowest BCUT2D eigenvalue weighted by Gasteiger charge is -2.11. The number of rotatable bonds is 3. The minimum atomic E-state index is -0.764. The highest BCUT2D eigenvalue weighted by molar-refractivity contribution is 6.64. The van der Waals surface area contributed by atoms with E-state index in [1.54, 1.807) is 0 Å². The largest absolute Gasteiger partial charge is 0.481 e. The maximum Gasteiger partial charge on any atom is 0.262 e. The van der Waals surface area contributed by atoms with E-state index in [9.17, 15) is 4.79 Å². The van der Waals surface area contributed by atoms with Crippen molar-refractivity contribution < 1.29 is 9.53 Å². The molecule has 1 aromatic carbocycles. The van der Waals surface area contributed by atoms with Crippen LogP contribution in [0.2, 0.25) is 15.1 Å². The SMILES string of the molecule is CC(Oc1cc(Cl)c(Cl)c(Cl)c1)C(=O)Cl. The van der Waals surface area contributed by atoms with E-state index >= 15 is 0 Å². The standard InChI is InChI=1S/C9H6Cl4O2/c1-4(9(13)14)15-5-2-6(10)8(12)7(11)3-5/h2-4H,1H3. The van der Waals surface area contributed by atoms with Gasteiger partial charge in [-0.05, 0) is 18.5 Å². The molecule has 0 spiro atoms. The van der Waals surface area contributed by atoms with Gasteiger partial charge in [0.1, 0.15) is 5.75 Å². The van der Waals surface area contributed by atoms with E-state index in [4.69, 9.17) is 51.1 Å². The second-order valence-electron chi connectivity index (χ2n) is 2.77. The van der Waals surface area contributed by atoms with Gasteiger partial charge in [-0.2, -0.15) is 0 Å². The minimum absolute atomic E-state index is 0.246. The Bertz CT molecular complexity index is 369. The third kappa shape index (κ3) is 3.42. The van der Waals surface area contributed by atoms with E-state index < -0.39 is 11.3 Å². The van der Waals surface area contributed by atoms with Crippen LogP contribution >= 0.6 is 46.4 Å². The Balaban J connectivity index is 2.92. The molecule has 1 rings (SSSR count). The van der Waals surface area contributed by atoms with Crippen molar-refractivity contribution in [1.82, 2.24) is 0 Å². The molecule has 0 aliphatic heterocycles. The fourth-order valence-corrected chi connectivity index (χ4v) is 1.47. The van der Waals surface area contributed by atoms with Crippen molar-refractivity contribution in [2.24, 2.45) is 0 Å². The molecule has 6 heteroatoms. The van der Waals surface area contributed by atoms with Gasteiger partial charge in [-0.1, -0.05) is 34.8 Å². The molecule has 0 heterocycles. The lowest BCUT2D eigenvalue weighted by Crippen LogP contribution is -2.18. The summed E-state index contributed by atoms with van der Waals surface area (Å²) in [6.07, 6.45) is -0.764. The molecule has 15 heavy (non-hydrogen) atoms. The fourth-order valence-electron chi connectivity index (χ4n) is 0.851. The molecule has 0 bridgehead atoms. The molecule has 0 radical (unpaired) electrons. The average Bonchev–Trinajstić information content (AvgIpc) is 2.13. The van der Waals surface area contributed by atoms with Crippen molar-refractivity contribution in [3.63, 3.8) is 0 Å². The van der Waals surface area contributed by atoms with Gasteiger partial charge in [-0.15, -0.1) is 0 Å². The van der Waals surface area contributed by atoms with Crippen molar-refractivity contribution in [2.45, 2.75) is 13.0 Å². The van der Waals surface area contributed by atoms with E-state index in [1.165, 1.54) is 19.1 Å². The topological polar surface area (TPSA) is 26.3 Å². The number of ether oxygens (including phenoxy) is 1. The number of benzene rings is 1. The predicted octanol–water partition coefficient (Wildman–Crippen LogP) is 4.18. The van der Waals surface area contributed by atoms with Crippen LogP contribution in [0.15, 0.2) is 12.1 Å². The molecule has 1 aromatic rings. The molecule has 0 N–H and O–H groups in total. The lowest BCUT2D eigenvalue weighted by atomic mass is 10.3. The predicted molar refractivity (Wildman–Crippen MR) is 62.4 cm³/mol. The zero-order chi connectivity index (χ0) is 11.6. The summed E-state index contributed by atoms with van der Waals surface area (Å²) in [5.74, 6) is 0.343. The molecule has 0 saturated carbocycles. The Kier molecular flexibility index (Phi) is 4.53. The first-order valence-corrected chi connectivity index (χ1v) is 5.43. The van der Waals surface area contributed by atoms with Crippen LogP contribution in [0, 0.1) is 0 Å². The Labute approximate surface area is 107 Å². The summed E-state index contributed by atoms with van der Waals surface area (Å²) < 4.78 is 5.18. The molecule has 0 amide bonds. The van der Waals surface area contributed by atoms with E-state index in [1.807, 2.05) is 0 Å². The van der Waals surface area contributed by atoms with Gasteiger partial charge in [0, 0.05) is 12.1 Å². The third-order valence-electron chi connectivity index (χ3n) is 1.59. The lowest BCUT2D eigenvalue weighted by molar-refractivity contribution is -0.117. The zero-order valence-corrected chi connectivity index (χ0v) is 10.6. The summed E-state index contributed by atoms with van der Waals surface area (Å²) in [5, 5.41) is 0.162. The summed E-state index contributed by atoms with van der Waals surface area (Å²) in [7, 11) is 0. The van der Waals surface area contributed by atoms with Crippen molar-refractivity contribution >= 4 is 51.6 Å². The second kappa shape index (κ2) is 5.26. The van der Waals surface area contributed by atoms with Crippen LogP contribution in [0.3, 0.4) is 0 Å². The third-order valence-corrected chi connectivity index (χ3v) is 3.09. The Hall–Kier alpha value is -0.150. The first-order chi connectivity index (χ1) is 6.91. The van der Waals surface area contributed by atoms with Crippen LogP contribution in [0.4, 0.5) is 0 Å². The van der Waals surface area contributed by atoms with Crippen molar-refractivity contribution in [3.8, 4) is 5.75 Å². The zero-order valence-electron chi connectivity index (χ0n) is 7.56. The summed E-state index contributed by atoms with van der Waals surface area (Å²) in [5.41, 5.74) is 0. The first-order valence-electron chi connectivity index (χ1n) is 3.92. The van der Waals surface area contributed by atoms with Crippen molar-refractivity contribution in [3.05, 3.63) is 27.2 Å². The number of hydrogen-bond acceptors (Lipinski definition) is 2. The normalized spacial score (nSPS) is 12.3. The monoisotopic (exact) mass is 286 g/mol. The molecule has 0 aromatic heterocycles. The van der Waals surface area contributed by atoms with Gasteiger partial charge in [0.25, 0.3) is 5.24 Å². The second-order valence-corrected chi connectivity index (χ2v) is 4.33. The summed E-state index contributed by atoms with van der Waals surface area (Å²) in [6.45, 7) is 1.52. The molecule has 0 aliphatic rings. The van der Waals surface area contributed by atoms with E-state index in [0.717, 1.165) is 0 Å². The highest BCUT2D eigenvalue weighted by atomic mass is 35.5. The van der Waals surface area contributed by atoms with Gasteiger partial charge in [0.15, 0.2) is 6.10 Å². The van der Waals surface area contributed by atoms with Crippen LogP contribution < -0.4 is 4.74 Å². The number of halogens is 4. The Morgan fingerprint density at radius 2 is 1.73 bits per heavy atom. The van der Waals surface area contributed by atoms with Crippen LogP contribution in [0.1, 0.15) is 6.92 Å². The van der Waals surface area contributed by atoms with Crippen LogP contribution in [0.5, 0.6) is 5.75 Å². The van der Waals surface area contributed by atoms with Crippen LogP contribution in [-0.4, -0.2) is 11.3 Å². The van der Waals surface area contributed by atoms with Gasteiger partial charge in [0.05, 0.1) is 15.1 Å². The van der Waals surface area contributed by atoms with Gasteiger partial charge in [-0.3, -0.25) is 4.79 Å². The summed E-state index contributed by atoms with van der Waals surface area (Å²) in [4.78, 5) is 10.7. The first kappa shape index (κ1) is 12.9. The van der Waals surface area contributed by atoms with Gasteiger partial charge < -0.3 is 4.74 Å². The number of carbonyl (C=O) groups is 1. The molecule has 1 unspecified atom stereocenters. The number of hydrogen-bond donors (Lipinski definition) is 0. The van der Waals surface area contributed by atoms with Gasteiger partial charge in [0.2, 0.25) is 0 Å². The molecular weight excluding hydrogens is 282 g/mol. The maximum absolute atomic E-state index is 10.7. The molecule has 0 fully saturated rings. The number of carbonyl (C=O) groups excluding carboxylic acids is 1. The maximum atomic E-state index is 10.7. The highest BCUT2D eigenvalue weighted by Gasteiger charge is 2.13. The van der Waals surface area contributed by atoms with Crippen molar-refractivity contribution in [1.29, 1.82) is 0 Å².